The van der Waals surface area contributed by atoms with Crippen molar-refractivity contribution < 1.29 is 9.18 Å². The lowest BCUT2D eigenvalue weighted by Crippen LogP contribution is -2.42. The van der Waals surface area contributed by atoms with Gasteiger partial charge in [0.05, 0.1) is 10.6 Å². The van der Waals surface area contributed by atoms with E-state index >= 15 is 0 Å². The molecule has 0 unspecified atom stereocenters. The summed E-state index contributed by atoms with van der Waals surface area (Å²) in [5, 5.41) is 3.00. The van der Waals surface area contributed by atoms with Crippen molar-refractivity contribution in [3.63, 3.8) is 0 Å². The molecule has 146 valence electrons. The zero-order chi connectivity index (χ0) is 20.0. The van der Waals surface area contributed by atoms with Gasteiger partial charge >= 0.3 is 0 Å². The van der Waals surface area contributed by atoms with Gasteiger partial charge in [-0.15, -0.1) is 0 Å². The molecule has 1 amide bonds. The molecule has 4 nitrogen and oxygen atoms in total. The Labute approximate surface area is 166 Å². The summed E-state index contributed by atoms with van der Waals surface area (Å²) in [6.45, 7) is 7.48. The maximum absolute atomic E-state index is 14.2. The molecule has 0 radical (unpaired) electrons. The van der Waals surface area contributed by atoms with E-state index in [0.717, 1.165) is 31.6 Å². The molecule has 27 heavy (non-hydrogen) atoms. The van der Waals surface area contributed by atoms with Gasteiger partial charge in [0.2, 0.25) is 0 Å². The second kappa shape index (κ2) is 9.72. The minimum atomic E-state index is -0.424. The zero-order valence-electron chi connectivity index (χ0n) is 16.1. The van der Waals surface area contributed by atoms with E-state index in [1.165, 1.54) is 18.2 Å². The highest BCUT2D eigenvalue weighted by atomic mass is 35.5. The summed E-state index contributed by atoms with van der Waals surface area (Å²) in [6.07, 6.45) is 6.78. The number of piperidine rings is 1. The molecule has 1 aliphatic rings. The van der Waals surface area contributed by atoms with Gasteiger partial charge in [0.1, 0.15) is 5.82 Å². The molecule has 1 aromatic rings. The van der Waals surface area contributed by atoms with E-state index in [1.54, 1.807) is 25.1 Å². The first-order chi connectivity index (χ1) is 12.8. The molecule has 1 heterocycles. The van der Waals surface area contributed by atoms with Crippen LogP contribution in [-0.2, 0) is 4.79 Å². The van der Waals surface area contributed by atoms with Crippen molar-refractivity contribution >= 4 is 28.9 Å². The van der Waals surface area contributed by atoms with E-state index in [1.807, 2.05) is 7.05 Å². The van der Waals surface area contributed by atoms with Gasteiger partial charge in [-0.1, -0.05) is 30.3 Å². The largest absolute Gasteiger partial charge is 0.371 e. The van der Waals surface area contributed by atoms with Gasteiger partial charge in [-0.3, -0.25) is 4.79 Å². The average molecular weight is 392 g/mol. The number of carbonyl (C=O) groups excluding carboxylic acids is 1. The molecule has 0 saturated carbocycles. The monoisotopic (exact) mass is 391 g/mol. The number of halogens is 2. The number of allylic oxidation sites excluding steroid dienone is 3. The van der Waals surface area contributed by atoms with E-state index in [4.69, 9.17) is 11.6 Å². The topological polar surface area (TPSA) is 35.6 Å². The first-order valence-electron chi connectivity index (χ1n) is 9.04. The van der Waals surface area contributed by atoms with Crippen LogP contribution in [0.25, 0.3) is 0 Å². The Balaban J connectivity index is 2.20. The highest BCUT2D eigenvalue weighted by molar-refractivity contribution is 6.34. The van der Waals surface area contributed by atoms with E-state index in [0.29, 0.717) is 11.7 Å². The molecular formula is C21H27ClFN3O. The SMILES string of the molecule is C=C/C(C(=O)Nc1cc(F)cc(N(C)C2CCN(C)CC2)c1)=C(Cl)\C=C/C. The number of carbonyl (C=O) groups is 1. The summed E-state index contributed by atoms with van der Waals surface area (Å²) >= 11 is 6.11. The third kappa shape index (κ3) is 5.68. The van der Waals surface area contributed by atoms with Crippen molar-refractivity contribution in [3.05, 3.63) is 59.4 Å². The van der Waals surface area contributed by atoms with E-state index in [9.17, 15) is 9.18 Å². The summed E-state index contributed by atoms with van der Waals surface area (Å²) in [5.41, 5.74) is 1.37. The molecule has 0 atom stereocenters. The summed E-state index contributed by atoms with van der Waals surface area (Å²) in [6, 6.07) is 4.92. The number of nitrogens with zero attached hydrogens (tertiary/aromatic N) is 2. The van der Waals surface area contributed by atoms with Gasteiger partial charge in [0.15, 0.2) is 0 Å². The Morgan fingerprint density at radius 1 is 1.37 bits per heavy atom. The van der Waals surface area contributed by atoms with Gasteiger partial charge < -0.3 is 15.1 Å². The van der Waals surface area contributed by atoms with Crippen LogP contribution in [0.4, 0.5) is 15.8 Å². The van der Waals surface area contributed by atoms with E-state index in [2.05, 4.69) is 28.7 Å². The number of anilines is 2. The lowest BCUT2D eigenvalue weighted by atomic mass is 10.0. The Morgan fingerprint density at radius 3 is 2.63 bits per heavy atom. The standard InChI is InChI=1S/C21H27ClFN3O/c1-5-7-20(22)19(6-2)21(27)24-16-12-15(23)13-18(14-16)26(4)17-8-10-25(3)11-9-17/h5-7,12-14,17H,2,8-11H2,1,3-4H3,(H,24,27)/b7-5-,20-19-. The van der Waals surface area contributed by atoms with Crippen LogP contribution >= 0.6 is 11.6 Å². The van der Waals surface area contributed by atoms with Crippen molar-refractivity contribution in [2.45, 2.75) is 25.8 Å². The van der Waals surface area contributed by atoms with Crippen LogP contribution in [0.2, 0.25) is 0 Å². The molecule has 6 heteroatoms. The molecule has 0 aliphatic carbocycles. The maximum atomic E-state index is 14.2. The summed E-state index contributed by atoms with van der Waals surface area (Å²) < 4.78 is 14.2. The quantitative estimate of drug-likeness (QED) is 0.570. The van der Waals surface area contributed by atoms with Gasteiger partial charge in [-0.2, -0.15) is 0 Å². The number of hydrogen-bond acceptors (Lipinski definition) is 3. The summed E-state index contributed by atoms with van der Waals surface area (Å²) in [7, 11) is 4.07. The fraction of sp³-hybridized carbons (Fsp3) is 0.381. The number of nitrogens with one attached hydrogen (secondary N) is 1. The van der Waals surface area contributed by atoms with Crippen LogP contribution < -0.4 is 10.2 Å². The molecule has 1 aromatic carbocycles. The highest BCUT2D eigenvalue weighted by Crippen LogP contribution is 2.26. The van der Waals surface area contributed by atoms with Gasteiger partial charge in [-0.25, -0.2) is 4.39 Å². The van der Waals surface area contributed by atoms with Crippen LogP contribution in [0.3, 0.4) is 0 Å². The van der Waals surface area contributed by atoms with E-state index < -0.39 is 11.7 Å². The van der Waals surface area contributed by atoms with Crippen molar-refractivity contribution in [3.8, 4) is 0 Å². The Kier molecular flexibility index (Phi) is 7.63. The molecular weight excluding hydrogens is 365 g/mol. The molecule has 0 bridgehead atoms. The summed E-state index contributed by atoms with van der Waals surface area (Å²) in [5.74, 6) is -0.821. The number of rotatable bonds is 6. The van der Waals surface area contributed by atoms with Crippen LogP contribution in [0.1, 0.15) is 19.8 Å². The average Bonchev–Trinajstić information content (AvgIpc) is 2.62. The van der Waals surface area contributed by atoms with Gasteiger partial charge in [0.25, 0.3) is 5.91 Å². The fourth-order valence-corrected chi connectivity index (χ4v) is 3.47. The second-order valence-electron chi connectivity index (χ2n) is 6.76. The molecule has 1 N–H and O–H groups in total. The fourth-order valence-electron chi connectivity index (χ4n) is 3.18. The minimum Gasteiger partial charge on any atom is -0.371 e. The van der Waals surface area contributed by atoms with Crippen LogP contribution in [0.5, 0.6) is 0 Å². The molecule has 0 spiro atoms. The number of amides is 1. The lowest BCUT2D eigenvalue weighted by molar-refractivity contribution is -0.112. The van der Waals surface area contributed by atoms with Crippen LogP contribution in [0, 0.1) is 5.82 Å². The Hall–Kier alpha value is -2.11. The van der Waals surface area contributed by atoms with Crippen molar-refractivity contribution in [2.24, 2.45) is 0 Å². The second-order valence-corrected chi connectivity index (χ2v) is 7.17. The third-order valence-electron chi connectivity index (χ3n) is 4.80. The van der Waals surface area contributed by atoms with Crippen molar-refractivity contribution in [1.82, 2.24) is 4.90 Å². The molecule has 0 aromatic heterocycles. The van der Waals surface area contributed by atoms with Crippen molar-refractivity contribution in [1.29, 1.82) is 0 Å². The lowest BCUT2D eigenvalue weighted by Gasteiger charge is -2.36. The Bertz CT molecular complexity index is 752. The van der Waals surface area contributed by atoms with Crippen molar-refractivity contribution in [2.75, 3.05) is 37.4 Å². The molecule has 1 fully saturated rings. The maximum Gasteiger partial charge on any atom is 0.257 e. The highest BCUT2D eigenvalue weighted by Gasteiger charge is 2.21. The normalized spacial score (nSPS) is 16.9. The number of likely N-dealkylation sites (tertiary alicyclic amines) is 1. The van der Waals surface area contributed by atoms with Crippen LogP contribution in [0.15, 0.2) is 53.6 Å². The molecule has 1 saturated heterocycles. The Morgan fingerprint density at radius 2 is 2.04 bits per heavy atom. The zero-order valence-corrected chi connectivity index (χ0v) is 16.9. The smallest absolute Gasteiger partial charge is 0.257 e. The predicted molar refractivity (Wildman–Crippen MR) is 112 cm³/mol. The van der Waals surface area contributed by atoms with Crippen LogP contribution in [-0.4, -0.2) is 44.0 Å². The summed E-state index contributed by atoms with van der Waals surface area (Å²) in [4.78, 5) is 16.9. The third-order valence-corrected chi connectivity index (χ3v) is 5.13. The first-order valence-corrected chi connectivity index (χ1v) is 9.41. The molecule has 2 rings (SSSR count). The number of benzene rings is 1. The predicted octanol–water partition coefficient (Wildman–Crippen LogP) is 4.55. The van der Waals surface area contributed by atoms with Gasteiger partial charge in [-0.05, 0) is 64.2 Å². The minimum absolute atomic E-state index is 0.240. The van der Waals surface area contributed by atoms with E-state index in [-0.39, 0.29) is 10.6 Å². The number of hydrogen-bond donors (Lipinski definition) is 1. The van der Waals surface area contributed by atoms with Gasteiger partial charge in [0, 0.05) is 24.5 Å². The first kappa shape index (κ1) is 21.2. The molecule has 1 aliphatic heterocycles.